The van der Waals surface area contributed by atoms with Crippen LogP contribution in [0.5, 0.6) is 0 Å². The van der Waals surface area contributed by atoms with Gasteiger partial charge in [-0.2, -0.15) is 0 Å². The second-order valence-electron chi connectivity index (χ2n) is 4.78. The molecule has 3 rings (SSSR count). The lowest BCUT2D eigenvalue weighted by molar-refractivity contribution is 0.0531. The Kier molecular flexibility index (Phi) is 3.67. The minimum atomic E-state index is -0.276. The number of aryl methyl sites for hydroxylation is 1. The van der Waals surface area contributed by atoms with Crippen LogP contribution in [-0.4, -0.2) is 35.8 Å². The van der Waals surface area contributed by atoms with E-state index < -0.39 is 0 Å². The van der Waals surface area contributed by atoms with Gasteiger partial charge in [0, 0.05) is 17.9 Å². The quantitative estimate of drug-likeness (QED) is 0.814. The van der Waals surface area contributed by atoms with Gasteiger partial charge in [0.25, 0.3) is 0 Å². The van der Waals surface area contributed by atoms with Crippen LogP contribution in [0.25, 0.3) is 10.2 Å². The number of ether oxygens (including phenoxy) is 2. The first-order valence-corrected chi connectivity index (χ1v) is 7.52. The fourth-order valence-corrected chi connectivity index (χ4v) is 3.60. The Morgan fingerprint density at radius 1 is 1.55 bits per heavy atom. The molecule has 0 aromatic carbocycles. The van der Waals surface area contributed by atoms with Gasteiger partial charge in [0.1, 0.15) is 16.0 Å². The molecule has 3 heterocycles. The van der Waals surface area contributed by atoms with Crippen LogP contribution in [0.4, 0.5) is 0 Å². The molecular formula is C14H16N2O3S. The molecule has 106 valence electrons. The zero-order valence-electron chi connectivity index (χ0n) is 11.5. The fourth-order valence-electron chi connectivity index (χ4n) is 2.55. The maximum atomic E-state index is 12.0. The van der Waals surface area contributed by atoms with Gasteiger partial charge in [-0.3, -0.25) is 0 Å². The minimum Gasteiger partial charge on any atom is -0.462 e. The molecule has 0 saturated carbocycles. The first-order chi connectivity index (χ1) is 9.72. The fraction of sp³-hybridized carbons (Fsp3) is 0.500. The lowest BCUT2D eigenvalue weighted by atomic mass is 10.00. The van der Waals surface area contributed by atoms with Crippen molar-refractivity contribution in [3.63, 3.8) is 0 Å². The average molecular weight is 292 g/mol. The summed E-state index contributed by atoms with van der Waals surface area (Å²) in [7, 11) is 0. The summed E-state index contributed by atoms with van der Waals surface area (Å²) in [5.74, 6) is 0.0190. The van der Waals surface area contributed by atoms with Crippen molar-refractivity contribution in [3.05, 3.63) is 22.5 Å². The predicted molar refractivity (Wildman–Crippen MR) is 76.3 cm³/mol. The van der Waals surface area contributed by atoms with Crippen LogP contribution in [0.15, 0.2) is 6.33 Å². The molecular weight excluding hydrogens is 276 g/mol. The van der Waals surface area contributed by atoms with Gasteiger partial charge >= 0.3 is 5.97 Å². The number of thiophene rings is 1. The summed E-state index contributed by atoms with van der Waals surface area (Å²) in [6.07, 6.45) is 2.54. The number of esters is 1. The highest BCUT2D eigenvalue weighted by Gasteiger charge is 2.26. The number of rotatable bonds is 3. The summed E-state index contributed by atoms with van der Waals surface area (Å²) in [5, 5.41) is 0.996. The van der Waals surface area contributed by atoms with Crippen molar-refractivity contribution in [2.24, 2.45) is 0 Å². The predicted octanol–water partition coefficient (Wildman–Crippen LogP) is 2.68. The number of hydrogen-bond acceptors (Lipinski definition) is 6. The van der Waals surface area contributed by atoms with E-state index in [-0.39, 0.29) is 5.97 Å². The van der Waals surface area contributed by atoms with E-state index in [4.69, 9.17) is 9.47 Å². The van der Waals surface area contributed by atoms with Crippen molar-refractivity contribution >= 4 is 27.5 Å². The summed E-state index contributed by atoms with van der Waals surface area (Å²) in [6.45, 7) is 5.58. The molecule has 5 nitrogen and oxygen atoms in total. The van der Waals surface area contributed by atoms with Gasteiger partial charge in [0.2, 0.25) is 0 Å². The first kappa shape index (κ1) is 13.5. The molecule has 0 amide bonds. The van der Waals surface area contributed by atoms with Crippen LogP contribution in [-0.2, 0) is 9.47 Å². The number of hydrogen-bond donors (Lipinski definition) is 0. The summed E-state index contributed by atoms with van der Waals surface area (Å²) in [5.41, 5.74) is 1.92. The molecule has 1 unspecified atom stereocenters. The molecule has 1 atom stereocenters. The lowest BCUT2D eigenvalue weighted by Gasteiger charge is -2.08. The molecule has 2 aromatic heterocycles. The van der Waals surface area contributed by atoms with E-state index in [0.717, 1.165) is 34.5 Å². The zero-order chi connectivity index (χ0) is 14.1. The Hall–Kier alpha value is -1.53. The molecule has 0 N–H and O–H groups in total. The van der Waals surface area contributed by atoms with Crippen LogP contribution in [0.2, 0.25) is 0 Å². The second kappa shape index (κ2) is 5.46. The molecule has 6 heteroatoms. The van der Waals surface area contributed by atoms with Crippen molar-refractivity contribution < 1.29 is 14.3 Å². The largest absolute Gasteiger partial charge is 0.462 e. The van der Waals surface area contributed by atoms with Crippen LogP contribution in [0.1, 0.15) is 40.2 Å². The summed E-state index contributed by atoms with van der Waals surface area (Å²) in [4.78, 5) is 22.2. The summed E-state index contributed by atoms with van der Waals surface area (Å²) in [6, 6.07) is 0. The zero-order valence-corrected chi connectivity index (χ0v) is 12.3. The molecule has 0 spiro atoms. The van der Waals surface area contributed by atoms with Crippen molar-refractivity contribution in [1.82, 2.24) is 9.97 Å². The third kappa shape index (κ3) is 2.19. The van der Waals surface area contributed by atoms with E-state index in [1.807, 2.05) is 13.8 Å². The Bertz CT molecular complexity index is 647. The third-order valence-electron chi connectivity index (χ3n) is 3.53. The van der Waals surface area contributed by atoms with Gasteiger partial charge < -0.3 is 9.47 Å². The molecule has 1 aliphatic rings. The topological polar surface area (TPSA) is 61.3 Å². The standard InChI is InChI=1S/C14H16N2O3S/c1-3-19-14(17)12-8(2)10-11(9-4-5-18-6-9)15-7-16-13(10)20-12/h7,9H,3-6H2,1-2H3. The van der Waals surface area contributed by atoms with E-state index in [1.165, 1.54) is 11.3 Å². The maximum absolute atomic E-state index is 12.0. The molecule has 1 aliphatic heterocycles. The number of carbonyl (C=O) groups excluding carboxylic acids is 1. The van der Waals surface area contributed by atoms with Crippen LogP contribution in [0.3, 0.4) is 0 Å². The van der Waals surface area contributed by atoms with Gasteiger partial charge in [0.05, 0.1) is 18.9 Å². The number of fused-ring (bicyclic) bond motifs is 1. The van der Waals surface area contributed by atoms with Gasteiger partial charge in [-0.05, 0) is 25.8 Å². The molecule has 0 aliphatic carbocycles. The highest BCUT2D eigenvalue weighted by atomic mass is 32.1. The average Bonchev–Trinajstić information content (AvgIpc) is 3.07. The number of nitrogens with zero attached hydrogens (tertiary/aromatic N) is 2. The SMILES string of the molecule is CCOC(=O)c1sc2ncnc(C3CCOC3)c2c1C. The highest BCUT2D eigenvalue weighted by molar-refractivity contribution is 7.20. The Labute approximate surface area is 120 Å². The Morgan fingerprint density at radius 2 is 2.40 bits per heavy atom. The number of carbonyl (C=O) groups is 1. The van der Waals surface area contributed by atoms with Crippen molar-refractivity contribution in [2.45, 2.75) is 26.2 Å². The van der Waals surface area contributed by atoms with E-state index in [2.05, 4.69) is 9.97 Å². The maximum Gasteiger partial charge on any atom is 0.348 e. The van der Waals surface area contributed by atoms with E-state index in [0.29, 0.717) is 24.0 Å². The Morgan fingerprint density at radius 3 is 3.10 bits per heavy atom. The molecule has 0 bridgehead atoms. The summed E-state index contributed by atoms with van der Waals surface area (Å²) < 4.78 is 10.5. The normalized spacial score (nSPS) is 18.6. The third-order valence-corrected chi connectivity index (χ3v) is 4.71. The van der Waals surface area contributed by atoms with Crippen LogP contribution < -0.4 is 0 Å². The van der Waals surface area contributed by atoms with Gasteiger partial charge in [-0.25, -0.2) is 14.8 Å². The van der Waals surface area contributed by atoms with Gasteiger partial charge in [-0.1, -0.05) is 0 Å². The molecule has 2 aromatic rings. The molecule has 1 fully saturated rings. The smallest absolute Gasteiger partial charge is 0.348 e. The van der Waals surface area contributed by atoms with Crippen molar-refractivity contribution in [3.8, 4) is 0 Å². The van der Waals surface area contributed by atoms with E-state index in [9.17, 15) is 4.79 Å². The number of aromatic nitrogens is 2. The second-order valence-corrected chi connectivity index (χ2v) is 5.78. The van der Waals surface area contributed by atoms with Crippen LogP contribution in [0, 0.1) is 6.92 Å². The van der Waals surface area contributed by atoms with Crippen LogP contribution >= 0.6 is 11.3 Å². The molecule has 20 heavy (non-hydrogen) atoms. The minimum absolute atomic E-state index is 0.276. The van der Waals surface area contributed by atoms with Crippen molar-refractivity contribution in [2.75, 3.05) is 19.8 Å². The first-order valence-electron chi connectivity index (χ1n) is 6.71. The summed E-state index contributed by atoms with van der Waals surface area (Å²) >= 11 is 1.38. The van der Waals surface area contributed by atoms with E-state index >= 15 is 0 Å². The molecule has 1 saturated heterocycles. The Balaban J connectivity index is 2.11. The lowest BCUT2D eigenvalue weighted by Crippen LogP contribution is -2.05. The van der Waals surface area contributed by atoms with Gasteiger partial charge in [0.15, 0.2) is 0 Å². The van der Waals surface area contributed by atoms with E-state index in [1.54, 1.807) is 6.33 Å². The van der Waals surface area contributed by atoms with Crippen molar-refractivity contribution in [1.29, 1.82) is 0 Å². The highest BCUT2D eigenvalue weighted by Crippen LogP contribution is 2.36. The monoisotopic (exact) mass is 292 g/mol. The van der Waals surface area contributed by atoms with Gasteiger partial charge in [-0.15, -0.1) is 11.3 Å². The molecule has 0 radical (unpaired) electrons.